The molecule has 0 radical (unpaired) electrons. The number of benzene rings is 3. The number of carbonyl (C=O) groups is 1. The Morgan fingerprint density at radius 1 is 0.925 bits per heavy atom. The molecule has 0 aliphatic heterocycles. The summed E-state index contributed by atoms with van der Waals surface area (Å²) in [5, 5.41) is 17.0. The van der Waals surface area contributed by atoms with Gasteiger partial charge in [0.25, 0.3) is 5.69 Å². The third-order valence-electron chi connectivity index (χ3n) is 5.56. The van der Waals surface area contributed by atoms with Crippen molar-refractivity contribution >= 4 is 40.0 Å². The molecule has 0 atom stereocenters. The van der Waals surface area contributed by atoms with Crippen molar-refractivity contribution < 1.29 is 40.8 Å². The van der Waals surface area contributed by atoms with Gasteiger partial charge in [0.15, 0.2) is 0 Å². The van der Waals surface area contributed by atoms with E-state index < -0.39 is 40.9 Å². The highest BCUT2D eigenvalue weighted by Crippen LogP contribution is 2.36. The van der Waals surface area contributed by atoms with Crippen LogP contribution in [0.15, 0.2) is 60.7 Å². The summed E-state index contributed by atoms with van der Waals surface area (Å²) < 4.78 is 84.0. The molecular formula is C25H17F6N5O4. The molecule has 1 heterocycles. The molecule has 0 aliphatic carbocycles. The number of halogens is 6. The maximum atomic E-state index is 13.2. The van der Waals surface area contributed by atoms with Crippen LogP contribution in [0.1, 0.15) is 27.0 Å². The Kier molecular flexibility index (Phi) is 7.48. The number of rotatable bonds is 7. The Morgan fingerprint density at radius 3 is 2.10 bits per heavy atom. The number of esters is 1. The number of fused-ring (bicyclic) bond motifs is 1. The van der Waals surface area contributed by atoms with Crippen molar-refractivity contribution in [2.45, 2.75) is 18.9 Å². The first-order chi connectivity index (χ1) is 18.7. The lowest BCUT2D eigenvalue weighted by molar-refractivity contribution is -0.384. The number of hydrogen-bond donors (Lipinski definition) is 2. The van der Waals surface area contributed by atoms with Crippen molar-refractivity contribution in [2.24, 2.45) is 0 Å². The third kappa shape index (κ3) is 6.36. The number of alkyl halides is 6. The molecule has 4 rings (SSSR count). The minimum absolute atomic E-state index is 0.0242. The molecule has 0 saturated heterocycles. The van der Waals surface area contributed by atoms with E-state index in [0.29, 0.717) is 17.8 Å². The van der Waals surface area contributed by atoms with Crippen LogP contribution < -0.4 is 10.6 Å². The number of nitrogens with one attached hydrogen (secondary N) is 2. The van der Waals surface area contributed by atoms with Gasteiger partial charge in [0.2, 0.25) is 5.95 Å². The SMILES string of the molecule is COC(=O)c1ccc(Nc2nc(NCc3cc(C(F)(F)F)cc(C(F)(F)F)c3)nc3ccc([N+](=O)[O-])cc23)cc1. The van der Waals surface area contributed by atoms with Gasteiger partial charge in [0.1, 0.15) is 5.82 Å². The molecular weight excluding hydrogens is 548 g/mol. The first-order valence-corrected chi connectivity index (χ1v) is 11.2. The zero-order valence-electron chi connectivity index (χ0n) is 20.2. The summed E-state index contributed by atoms with van der Waals surface area (Å²) in [5.41, 5.74) is -2.70. The standard InChI is InChI=1S/C25H17F6N5O4/c1-40-22(37)14-2-4-17(5-3-14)33-21-19-11-18(36(38)39)6-7-20(19)34-23(35-21)32-12-13-8-15(24(26,27)28)10-16(9-13)25(29,30)31/h2-11H,12H2,1H3,(H2,32,33,34,35). The molecule has 208 valence electrons. The summed E-state index contributed by atoms with van der Waals surface area (Å²) in [6, 6.07) is 10.8. The molecule has 4 aromatic rings. The molecule has 9 nitrogen and oxygen atoms in total. The van der Waals surface area contributed by atoms with Crippen LogP contribution in [0.25, 0.3) is 10.9 Å². The van der Waals surface area contributed by atoms with E-state index >= 15 is 0 Å². The third-order valence-corrected chi connectivity index (χ3v) is 5.56. The summed E-state index contributed by atoms with van der Waals surface area (Å²) in [6.07, 6.45) is -10.0. The first-order valence-electron chi connectivity index (χ1n) is 11.2. The van der Waals surface area contributed by atoms with E-state index in [1.807, 2.05) is 0 Å². The highest BCUT2D eigenvalue weighted by molar-refractivity contribution is 5.94. The minimum atomic E-state index is -5.01. The maximum absolute atomic E-state index is 13.2. The minimum Gasteiger partial charge on any atom is -0.465 e. The highest BCUT2D eigenvalue weighted by atomic mass is 19.4. The van der Waals surface area contributed by atoms with E-state index in [9.17, 15) is 41.3 Å². The van der Waals surface area contributed by atoms with Gasteiger partial charge in [-0.05, 0) is 54.1 Å². The van der Waals surface area contributed by atoms with Crippen LogP contribution in [0.3, 0.4) is 0 Å². The smallest absolute Gasteiger partial charge is 0.416 e. The first kappa shape index (κ1) is 28.1. The van der Waals surface area contributed by atoms with Crippen LogP contribution in [0.4, 0.5) is 49.5 Å². The van der Waals surface area contributed by atoms with Crippen molar-refractivity contribution in [3.63, 3.8) is 0 Å². The van der Waals surface area contributed by atoms with E-state index in [1.165, 1.54) is 49.6 Å². The summed E-state index contributed by atoms with van der Waals surface area (Å²) in [7, 11) is 1.21. The molecule has 0 aliphatic rings. The molecule has 0 fully saturated rings. The molecule has 0 bridgehead atoms. The number of nitro groups is 1. The second kappa shape index (κ2) is 10.7. The molecule has 1 aromatic heterocycles. The Hall–Kier alpha value is -4.95. The number of nitro benzene ring substituents is 1. The molecule has 0 saturated carbocycles. The fourth-order valence-electron chi connectivity index (χ4n) is 3.65. The summed E-state index contributed by atoms with van der Waals surface area (Å²) in [6.45, 7) is -0.501. The molecule has 2 N–H and O–H groups in total. The van der Waals surface area contributed by atoms with Crippen LogP contribution >= 0.6 is 0 Å². The average Bonchev–Trinajstić information content (AvgIpc) is 2.90. The molecule has 0 amide bonds. The maximum Gasteiger partial charge on any atom is 0.416 e. The van der Waals surface area contributed by atoms with Gasteiger partial charge in [-0.3, -0.25) is 10.1 Å². The van der Waals surface area contributed by atoms with Gasteiger partial charge < -0.3 is 15.4 Å². The molecule has 0 unspecified atom stereocenters. The Balaban J connectivity index is 1.70. The lowest BCUT2D eigenvalue weighted by Gasteiger charge is -2.15. The number of ether oxygens (including phenoxy) is 1. The van der Waals surface area contributed by atoms with Crippen molar-refractivity contribution in [3.05, 3.63) is 93.0 Å². The largest absolute Gasteiger partial charge is 0.465 e. The van der Waals surface area contributed by atoms with Crippen LogP contribution in [-0.4, -0.2) is 28.0 Å². The number of anilines is 3. The number of aromatic nitrogens is 2. The zero-order chi connectivity index (χ0) is 29.2. The number of nitrogens with zero attached hydrogens (tertiary/aromatic N) is 3. The van der Waals surface area contributed by atoms with E-state index in [2.05, 4.69) is 25.3 Å². The quantitative estimate of drug-likeness (QED) is 0.110. The second-order valence-corrected chi connectivity index (χ2v) is 8.32. The molecule has 15 heteroatoms. The van der Waals surface area contributed by atoms with Crippen molar-refractivity contribution in [1.29, 1.82) is 0 Å². The Labute approximate surface area is 221 Å². The molecule has 40 heavy (non-hydrogen) atoms. The normalized spacial score (nSPS) is 11.8. The number of non-ortho nitro benzene ring substituents is 1. The van der Waals surface area contributed by atoms with Crippen molar-refractivity contribution in [2.75, 3.05) is 17.7 Å². The lowest BCUT2D eigenvalue weighted by atomic mass is 10.0. The fraction of sp³-hybridized carbons (Fsp3) is 0.160. The summed E-state index contributed by atoms with van der Waals surface area (Å²) >= 11 is 0. The van der Waals surface area contributed by atoms with Crippen molar-refractivity contribution in [3.8, 4) is 0 Å². The predicted octanol–water partition coefficient (Wildman–Crippen LogP) is 6.72. The zero-order valence-corrected chi connectivity index (χ0v) is 20.2. The van der Waals surface area contributed by atoms with Crippen LogP contribution in [0.2, 0.25) is 0 Å². The summed E-state index contributed by atoms with van der Waals surface area (Å²) in [4.78, 5) is 30.8. The highest BCUT2D eigenvalue weighted by Gasteiger charge is 2.36. The topological polar surface area (TPSA) is 119 Å². The monoisotopic (exact) mass is 565 g/mol. The van der Waals surface area contributed by atoms with Gasteiger partial charge in [-0.1, -0.05) is 0 Å². The summed E-state index contributed by atoms with van der Waals surface area (Å²) in [5.74, 6) is -0.715. The Bertz CT molecular complexity index is 1560. The number of carbonyl (C=O) groups excluding carboxylic acids is 1. The average molecular weight is 565 g/mol. The van der Waals surface area contributed by atoms with Gasteiger partial charge in [0, 0.05) is 29.8 Å². The molecule has 3 aromatic carbocycles. The number of methoxy groups -OCH3 is 1. The van der Waals surface area contributed by atoms with Crippen LogP contribution in [-0.2, 0) is 23.6 Å². The van der Waals surface area contributed by atoms with Crippen LogP contribution in [0.5, 0.6) is 0 Å². The lowest BCUT2D eigenvalue weighted by Crippen LogP contribution is -2.13. The predicted molar refractivity (Wildman–Crippen MR) is 131 cm³/mol. The van der Waals surface area contributed by atoms with E-state index in [4.69, 9.17) is 0 Å². The second-order valence-electron chi connectivity index (χ2n) is 8.32. The van der Waals surface area contributed by atoms with E-state index in [-0.39, 0.29) is 45.5 Å². The van der Waals surface area contributed by atoms with Gasteiger partial charge in [0.05, 0.1) is 34.2 Å². The fourth-order valence-corrected chi connectivity index (χ4v) is 3.65. The van der Waals surface area contributed by atoms with E-state index in [1.54, 1.807) is 0 Å². The van der Waals surface area contributed by atoms with Gasteiger partial charge >= 0.3 is 18.3 Å². The Morgan fingerprint density at radius 2 is 1.55 bits per heavy atom. The van der Waals surface area contributed by atoms with Crippen LogP contribution in [0, 0.1) is 10.1 Å². The van der Waals surface area contributed by atoms with E-state index in [0.717, 1.165) is 0 Å². The number of hydrogen-bond acceptors (Lipinski definition) is 8. The van der Waals surface area contributed by atoms with Gasteiger partial charge in [-0.15, -0.1) is 0 Å². The van der Waals surface area contributed by atoms with Crippen molar-refractivity contribution in [1.82, 2.24) is 9.97 Å². The van der Waals surface area contributed by atoms with Gasteiger partial charge in [-0.25, -0.2) is 9.78 Å². The van der Waals surface area contributed by atoms with Gasteiger partial charge in [-0.2, -0.15) is 31.3 Å². The molecule has 0 spiro atoms.